The van der Waals surface area contributed by atoms with Crippen molar-refractivity contribution in [2.24, 2.45) is 0 Å². The Labute approximate surface area is 149 Å². The lowest BCUT2D eigenvalue weighted by molar-refractivity contribution is -0.139. The molecule has 1 amide bonds. The summed E-state index contributed by atoms with van der Waals surface area (Å²) >= 11 is 0. The minimum absolute atomic E-state index is 0.0805. The van der Waals surface area contributed by atoms with E-state index in [0.717, 1.165) is 11.1 Å². The van der Waals surface area contributed by atoms with Gasteiger partial charge in [0.25, 0.3) is 5.91 Å². The van der Waals surface area contributed by atoms with Crippen LogP contribution in [0.3, 0.4) is 0 Å². The summed E-state index contributed by atoms with van der Waals surface area (Å²) in [6.45, 7) is 4.81. The first-order chi connectivity index (χ1) is 12.1. The molecule has 0 radical (unpaired) electrons. The van der Waals surface area contributed by atoms with Gasteiger partial charge in [-0.05, 0) is 36.6 Å². The van der Waals surface area contributed by atoms with Gasteiger partial charge < -0.3 is 9.64 Å². The van der Waals surface area contributed by atoms with Crippen molar-refractivity contribution in [1.29, 1.82) is 5.26 Å². The zero-order valence-corrected chi connectivity index (χ0v) is 14.8. The molecule has 0 heterocycles. The molecule has 0 saturated heterocycles. The molecule has 1 atom stereocenters. The van der Waals surface area contributed by atoms with Gasteiger partial charge in [0.05, 0.1) is 12.5 Å². The summed E-state index contributed by atoms with van der Waals surface area (Å²) in [7, 11) is 0. The van der Waals surface area contributed by atoms with E-state index in [2.05, 4.69) is 6.07 Å². The maximum atomic E-state index is 13.0. The summed E-state index contributed by atoms with van der Waals surface area (Å²) < 4.78 is 5.93. The smallest absolute Gasteiger partial charge is 0.263 e. The number of rotatable bonds is 8. The van der Waals surface area contributed by atoms with Crippen LogP contribution >= 0.6 is 0 Å². The van der Waals surface area contributed by atoms with Crippen LogP contribution in [0.5, 0.6) is 5.75 Å². The Balaban J connectivity index is 2.13. The molecule has 0 spiro atoms. The fourth-order valence-corrected chi connectivity index (χ4v) is 2.62. The summed E-state index contributed by atoms with van der Waals surface area (Å²) in [6.07, 6.45) is 0.327. The highest BCUT2D eigenvalue weighted by Crippen LogP contribution is 2.17. The molecule has 0 fully saturated rings. The number of nitrogens with zero attached hydrogens (tertiary/aromatic N) is 2. The molecule has 0 saturated carbocycles. The number of ether oxygens (including phenoxy) is 1. The second-order valence-corrected chi connectivity index (χ2v) is 5.98. The quantitative estimate of drug-likeness (QED) is 0.729. The van der Waals surface area contributed by atoms with E-state index in [9.17, 15) is 4.79 Å². The van der Waals surface area contributed by atoms with Gasteiger partial charge in [-0.1, -0.05) is 49.4 Å². The average Bonchev–Trinajstić information content (AvgIpc) is 2.63. The van der Waals surface area contributed by atoms with Crippen LogP contribution in [0, 0.1) is 18.3 Å². The van der Waals surface area contributed by atoms with Crippen LogP contribution in [-0.4, -0.2) is 23.5 Å². The van der Waals surface area contributed by atoms with Gasteiger partial charge in [-0.3, -0.25) is 4.79 Å². The van der Waals surface area contributed by atoms with Crippen molar-refractivity contribution in [3.8, 4) is 11.8 Å². The number of nitriles is 1. The molecular formula is C21H24N2O2. The average molecular weight is 336 g/mol. The minimum Gasteiger partial charge on any atom is -0.481 e. The summed E-state index contributed by atoms with van der Waals surface area (Å²) in [5.41, 5.74) is 2.13. The van der Waals surface area contributed by atoms with E-state index in [1.165, 1.54) is 0 Å². The van der Waals surface area contributed by atoms with Gasteiger partial charge in [-0.2, -0.15) is 5.26 Å². The number of hydrogen-bond acceptors (Lipinski definition) is 3. The first-order valence-corrected chi connectivity index (χ1v) is 8.57. The topological polar surface area (TPSA) is 53.3 Å². The molecule has 0 aliphatic rings. The molecule has 2 aromatic carbocycles. The highest BCUT2D eigenvalue weighted by Gasteiger charge is 2.24. The molecule has 4 heteroatoms. The molecule has 0 aromatic heterocycles. The normalized spacial score (nSPS) is 11.4. The van der Waals surface area contributed by atoms with Crippen molar-refractivity contribution < 1.29 is 9.53 Å². The number of aryl methyl sites for hydroxylation is 1. The monoisotopic (exact) mass is 336 g/mol. The molecule has 2 rings (SSSR count). The van der Waals surface area contributed by atoms with Crippen LogP contribution in [0.15, 0.2) is 54.6 Å². The molecule has 25 heavy (non-hydrogen) atoms. The number of carbonyl (C=O) groups excluding carboxylic acids is 1. The third kappa shape index (κ3) is 5.65. The van der Waals surface area contributed by atoms with E-state index in [-0.39, 0.29) is 5.91 Å². The maximum Gasteiger partial charge on any atom is 0.263 e. The molecular weight excluding hydrogens is 312 g/mol. The number of benzene rings is 2. The summed E-state index contributed by atoms with van der Waals surface area (Å²) in [6, 6.07) is 19.6. The van der Waals surface area contributed by atoms with Crippen LogP contribution in [0.4, 0.5) is 0 Å². The van der Waals surface area contributed by atoms with Crippen LogP contribution in [0.25, 0.3) is 0 Å². The van der Waals surface area contributed by atoms with Crippen molar-refractivity contribution in [2.75, 3.05) is 6.54 Å². The van der Waals surface area contributed by atoms with Gasteiger partial charge in [0.2, 0.25) is 0 Å². The Morgan fingerprint density at radius 1 is 1.20 bits per heavy atom. The molecule has 1 unspecified atom stereocenters. The van der Waals surface area contributed by atoms with Crippen LogP contribution in [0.2, 0.25) is 0 Å². The molecule has 4 nitrogen and oxygen atoms in total. The van der Waals surface area contributed by atoms with Gasteiger partial charge >= 0.3 is 0 Å². The zero-order chi connectivity index (χ0) is 18.1. The fraction of sp³-hybridized carbons (Fsp3) is 0.333. The van der Waals surface area contributed by atoms with E-state index < -0.39 is 6.10 Å². The van der Waals surface area contributed by atoms with Crippen LogP contribution in [0.1, 0.15) is 30.9 Å². The van der Waals surface area contributed by atoms with E-state index in [0.29, 0.717) is 31.7 Å². The number of hydrogen-bond donors (Lipinski definition) is 0. The lowest BCUT2D eigenvalue weighted by Crippen LogP contribution is -2.41. The molecule has 0 bridgehead atoms. The predicted octanol–water partition coefficient (Wildman–Crippen LogP) is 4.09. The first kappa shape index (κ1) is 18.5. The Morgan fingerprint density at radius 2 is 1.96 bits per heavy atom. The second kappa shape index (κ2) is 9.48. The standard InChI is InChI=1S/C21H24N2O2/c1-3-20(25-19-12-7-9-17(2)15-19)21(24)23(14-8-13-22)16-18-10-5-4-6-11-18/h4-7,9-12,15,20H,3,8,14,16H2,1-2H3. The van der Waals surface area contributed by atoms with Gasteiger partial charge in [-0.15, -0.1) is 0 Å². The third-order valence-corrected chi connectivity index (χ3v) is 3.94. The SMILES string of the molecule is CCC(Oc1cccc(C)c1)C(=O)N(CCC#N)Cc1ccccc1. The van der Waals surface area contributed by atoms with E-state index in [1.807, 2.05) is 68.4 Å². The first-order valence-electron chi connectivity index (χ1n) is 8.57. The van der Waals surface area contributed by atoms with E-state index in [4.69, 9.17) is 10.00 Å². The number of carbonyl (C=O) groups is 1. The summed E-state index contributed by atoms with van der Waals surface area (Å²) in [5, 5.41) is 8.91. The lowest BCUT2D eigenvalue weighted by atomic mass is 10.1. The van der Waals surface area contributed by atoms with Gasteiger partial charge in [0.15, 0.2) is 6.10 Å². The maximum absolute atomic E-state index is 13.0. The fourth-order valence-electron chi connectivity index (χ4n) is 2.62. The molecule has 130 valence electrons. The lowest BCUT2D eigenvalue weighted by Gasteiger charge is -2.27. The molecule has 0 aliphatic heterocycles. The highest BCUT2D eigenvalue weighted by atomic mass is 16.5. The van der Waals surface area contributed by atoms with Gasteiger partial charge in [-0.25, -0.2) is 0 Å². The van der Waals surface area contributed by atoms with Gasteiger partial charge in [0, 0.05) is 13.1 Å². The third-order valence-electron chi connectivity index (χ3n) is 3.94. The number of amides is 1. The second-order valence-electron chi connectivity index (χ2n) is 5.98. The van der Waals surface area contributed by atoms with Crippen molar-refractivity contribution in [2.45, 2.75) is 39.3 Å². The Hall–Kier alpha value is -2.80. The molecule has 0 N–H and O–H groups in total. The van der Waals surface area contributed by atoms with Crippen molar-refractivity contribution >= 4 is 5.91 Å². The molecule has 2 aromatic rings. The summed E-state index contributed by atoms with van der Waals surface area (Å²) in [4.78, 5) is 14.7. The Kier molecular flexibility index (Phi) is 7.03. The van der Waals surface area contributed by atoms with Crippen molar-refractivity contribution in [3.63, 3.8) is 0 Å². The van der Waals surface area contributed by atoms with Crippen molar-refractivity contribution in [3.05, 3.63) is 65.7 Å². The predicted molar refractivity (Wildman–Crippen MR) is 98.0 cm³/mol. The zero-order valence-electron chi connectivity index (χ0n) is 14.8. The van der Waals surface area contributed by atoms with E-state index >= 15 is 0 Å². The molecule has 0 aliphatic carbocycles. The Bertz CT molecular complexity index is 722. The van der Waals surface area contributed by atoms with Gasteiger partial charge in [0.1, 0.15) is 5.75 Å². The van der Waals surface area contributed by atoms with Crippen molar-refractivity contribution in [1.82, 2.24) is 4.90 Å². The van der Waals surface area contributed by atoms with Crippen LogP contribution < -0.4 is 4.74 Å². The van der Waals surface area contributed by atoms with Crippen LogP contribution in [-0.2, 0) is 11.3 Å². The Morgan fingerprint density at radius 3 is 2.60 bits per heavy atom. The highest BCUT2D eigenvalue weighted by molar-refractivity contribution is 5.81. The minimum atomic E-state index is -0.552. The summed E-state index contributed by atoms with van der Waals surface area (Å²) in [5.74, 6) is 0.614. The largest absolute Gasteiger partial charge is 0.481 e. The van der Waals surface area contributed by atoms with E-state index in [1.54, 1.807) is 4.90 Å².